The molecular formula is C16H20N4O2. The number of rotatable bonds is 4. The number of hydrogen-bond donors (Lipinski definition) is 1. The quantitative estimate of drug-likeness (QED) is 0.936. The second-order valence-electron chi connectivity index (χ2n) is 5.61. The molecule has 2 aromatic rings. The number of nitrogens with zero attached hydrogens (tertiary/aromatic N) is 3. The molecule has 1 amide bonds. The Hall–Kier alpha value is -2.37. The number of piperidine rings is 1. The number of aromatic amines is 1. The number of ether oxygens (including phenoxy) is 1. The lowest BCUT2D eigenvalue weighted by Crippen LogP contribution is -2.39. The smallest absolute Gasteiger partial charge is 0.276 e. The molecule has 0 radical (unpaired) electrons. The molecule has 1 N–H and O–H groups in total. The minimum absolute atomic E-state index is 0.0375. The molecule has 1 aromatic carbocycles. The summed E-state index contributed by atoms with van der Waals surface area (Å²) < 4.78 is 5.41. The molecular weight excluding hydrogens is 280 g/mol. The number of aromatic nitrogens is 3. The number of benzene rings is 1. The minimum atomic E-state index is -0.0375. The predicted octanol–water partition coefficient (Wildman–Crippen LogP) is 1.91. The number of hydrogen-bond acceptors (Lipinski definition) is 4. The van der Waals surface area contributed by atoms with Crippen molar-refractivity contribution >= 4 is 5.91 Å². The first kappa shape index (κ1) is 14.6. The average Bonchev–Trinajstić information content (AvgIpc) is 3.10. The van der Waals surface area contributed by atoms with Crippen molar-refractivity contribution in [2.45, 2.75) is 19.3 Å². The highest BCUT2D eigenvalue weighted by molar-refractivity contribution is 5.91. The standard InChI is InChI=1S/C16H20N4O2/c1-22-15-5-3-2-4-13(15)10-12-6-8-20(9-7-12)16(21)14-11-17-19-18-14/h2-5,11-12H,6-10H2,1H3,(H,17,18,19). The van der Waals surface area contributed by atoms with Gasteiger partial charge in [-0.15, -0.1) is 0 Å². The molecule has 1 fully saturated rings. The van der Waals surface area contributed by atoms with Crippen LogP contribution in [0.1, 0.15) is 28.9 Å². The van der Waals surface area contributed by atoms with E-state index in [0.29, 0.717) is 11.6 Å². The van der Waals surface area contributed by atoms with Gasteiger partial charge in [-0.3, -0.25) is 4.79 Å². The Balaban J connectivity index is 1.57. The maximum Gasteiger partial charge on any atom is 0.276 e. The Labute approximate surface area is 129 Å². The number of carbonyl (C=O) groups excluding carboxylic acids is 1. The lowest BCUT2D eigenvalue weighted by Gasteiger charge is -2.31. The number of para-hydroxylation sites is 1. The molecule has 0 spiro atoms. The molecule has 0 bridgehead atoms. The van der Waals surface area contributed by atoms with Crippen molar-refractivity contribution in [3.8, 4) is 5.75 Å². The van der Waals surface area contributed by atoms with Gasteiger partial charge in [0, 0.05) is 13.1 Å². The van der Waals surface area contributed by atoms with Crippen LogP contribution in [0, 0.1) is 5.92 Å². The Morgan fingerprint density at radius 2 is 2.14 bits per heavy atom. The number of methoxy groups -OCH3 is 1. The molecule has 116 valence electrons. The highest BCUT2D eigenvalue weighted by atomic mass is 16.5. The van der Waals surface area contributed by atoms with E-state index in [-0.39, 0.29) is 5.91 Å². The van der Waals surface area contributed by atoms with Crippen LogP contribution in [-0.2, 0) is 6.42 Å². The maximum atomic E-state index is 12.2. The predicted molar refractivity (Wildman–Crippen MR) is 81.7 cm³/mol. The second kappa shape index (κ2) is 6.60. The van der Waals surface area contributed by atoms with Crippen molar-refractivity contribution in [3.63, 3.8) is 0 Å². The van der Waals surface area contributed by atoms with E-state index in [1.807, 2.05) is 23.1 Å². The Morgan fingerprint density at radius 3 is 2.82 bits per heavy atom. The number of nitrogens with one attached hydrogen (secondary N) is 1. The van der Waals surface area contributed by atoms with Crippen LogP contribution in [0.4, 0.5) is 0 Å². The molecule has 0 unspecified atom stereocenters. The molecule has 1 saturated heterocycles. The normalized spacial score (nSPS) is 15.8. The monoisotopic (exact) mass is 300 g/mol. The number of carbonyl (C=O) groups is 1. The molecule has 6 nitrogen and oxygen atoms in total. The van der Waals surface area contributed by atoms with Gasteiger partial charge in [0.15, 0.2) is 5.69 Å². The molecule has 1 aliphatic heterocycles. The van der Waals surface area contributed by atoms with Crippen LogP contribution in [0.25, 0.3) is 0 Å². The number of likely N-dealkylation sites (tertiary alicyclic amines) is 1. The minimum Gasteiger partial charge on any atom is -0.496 e. The molecule has 2 heterocycles. The maximum absolute atomic E-state index is 12.2. The summed E-state index contributed by atoms with van der Waals surface area (Å²) in [6, 6.07) is 8.15. The molecule has 22 heavy (non-hydrogen) atoms. The summed E-state index contributed by atoms with van der Waals surface area (Å²) in [5.41, 5.74) is 1.63. The highest BCUT2D eigenvalue weighted by Gasteiger charge is 2.25. The van der Waals surface area contributed by atoms with Crippen LogP contribution < -0.4 is 4.74 Å². The topological polar surface area (TPSA) is 71.1 Å². The van der Waals surface area contributed by atoms with Crippen LogP contribution in [0.3, 0.4) is 0 Å². The summed E-state index contributed by atoms with van der Waals surface area (Å²) >= 11 is 0. The van der Waals surface area contributed by atoms with E-state index >= 15 is 0 Å². The SMILES string of the molecule is COc1ccccc1CC1CCN(C(=O)c2cn[nH]n2)CC1. The Bertz CT molecular complexity index is 619. The Kier molecular flexibility index (Phi) is 4.37. The third-order valence-electron chi connectivity index (χ3n) is 4.24. The summed E-state index contributed by atoms with van der Waals surface area (Å²) in [4.78, 5) is 14.1. The van der Waals surface area contributed by atoms with Crippen LogP contribution in [0.5, 0.6) is 5.75 Å². The zero-order valence-electron chi connectivity index (χ0n) is 12.7. The van der Waals surface area contributed by atoms with Gasteiger partial charge in [-0.1, -0.05) is 18.2 Å². The largest absolute Gasteiger partial charge is 0.496 e. The van der Waals surface area contributed by atoms with E-state index in [0.717, 1.165) is 38.1 Å². The fourth-order valence-electron chi connectivity index (χ4n) is 2.99. The van der Waals surface area contributed by atoms with Crippen LogP contribution in [0.2, 0.25) is 0 Å². The Morgan fingerprint density at radius 1 is 1.36 bits per heavy atom. The first-order chi connectivity index (χ1) is 10.8. The van der Waals surface area contributed by atoms with E-state index in [2.05, 4.69) is 21.5 Å². The summed E-state index contributed by atoms with van der Waals surface area (Å²) in [6.45, 7) is 1.54. The van der Waals surface area contributed by atoms with Gasteiger partial charge >= 0.3 is 0 Å². The third-order valence-corrected chi connectivity index (χ3v) is 4.24. The average molecular weight is 300 g/mol. The van der Waals surface area contributed by atoms with Crippen molar-refractivity contribution in [1.29, 1.82) is 0 Å². The molecule has 1 aromatic heterocycles. The molecule has 0 aliphatic carbocycles. The first-order valence-corrected chi connectivity index (χ1v) is 7.55. The van der Waals surface area contributed by atoms with Crippen molar-refractivity contribution < 1.29 is 9.53 Å². The van der Waals surface area contributed by atoms with E-state index in [4.69, 9.17) is 4.74 Å². The molecule has 0 atom stereocenters. The van der Waals surface area contributed by atoms with Crippen LogP contribution in [0.15, 0.2) is 30.5 Å². The summed E-state index contributed by atoms with van der Waals surface area (Å²) in [6.07, 6.45) is 4.47. The van der Waals surface area contributed by atoms with Crippen molar-refractivity contribution in [3.05, 3.63) is 41.7 Å². The second-order valence-corrected chi connectivity index (χ2v) is 5.61. The number of amides is 1. The van der Waals surface area contributed by atoms with Gasteiger partial charge in [-0.2, -0.15) is 15.4 Å². The van der Waals surface area contributed by atoms with Gasteiger partial charge in [0.2, 0.25) is 0 Å². The van der Waals surface area contributed by atoms with E-state index in [1.165, 1.54) is 11.8 Å². The zero-order valence-corrected chi connectivity index (χ0v) is 12.7. The highest BCUT2D eigenvalue weighted by Crippen LogP contribution is 2.27. The molecule has 6 heteroatoms. The van der Waals surface area contributed by atoms with Gasteiger partial charge in [0.25, 0.3) is 5.91 Å². The van der Waals surface area contributed by atoms with E-state index < -0.39 is 0 Å². The van der Waals surface area contributed by atoms with Crippen LogP contribution >= 0.6 is 0 Å². The van der Waals surface area contributed by atoms with Crippen molar-refractivity contribution in [2.24, 2.45) is 5.92 Å². The van der Waals surface area contributed by atoms with Gasteiger partial charge in [0.05, 0.1) is 13.3 Å². The summed E-state index contributed by atoms with van der Waals surface area (Å²) in [5.74, 6) is 1.49. The molecule has 1 aliphatic rings. The van der Waals surface area contributed by atoms with Gasteiger partial charge in [-0.25, -0.2) is 0 Å². The number of H-pyrrole nitrogens is 1. The fourth-order valence-corrected chi connectivity index (χ4v) is 2.99. The van der Waals surface area contributed by atoms with Crippen molar-refractivity contribution in [1.82, 2.24) is 20.3 Å². The van der Waals surface area contributed by atoms with Gasteiger partial charge in [0.1, 0.15) is 5.75 Å². The van der Waals surface area contributed by atoms with E-state index in [9.17, 15) is 4.79 Å². The molecule has 0 saturated carbocycles. The zero-order chi connectivity index (χ0) is 15.4. The summed E-state index contributed by atoms with van der Waals surface area (Å²) in [7, 11) is 1.71. The van der Waals surface area contributed by atoms with E-state index in [1.54, 1.807) is 7.11 Å². The lowest BCUT2D eigenvalue weighted by molar-refractivity contribution is 0.0684. The fraction of sp³-hybridized carbons (Fsp3) is 0.438. The third kappa shape index (κ3) is 3.10. The van der Waals surface area contributed by atoms with Crippen molar-refractivity contribution in [2.75, 3.05) is 20.2 Å². The van der Waals surface area contributed by atoms with Gasteiger partial charge < -0.3 is 9.64 Å². The van der Waals surface area contributed by atoms with Crippen LogP contribution in [-0.4, -0.2) is 46.4 Å². The van der Waals surface area contributed by atoms with Gasteiger partial charge in [-0.05, 0) is 36.8 Å². The lowest BCUT2D eigenvalue weighted by atomic mass is 9.89. The summed E-state index contributed by atoms with van der Waals surface area (Å²) in [5, 5.41) is 10.0. The first-order valence-electron chi connectivity index (χ1n) is 7.55. The molecule has 3 rings (SSSR count).